The minimum Gasteiger partial charge on any atom is -0.493 e. The van der Waals surface area contributed by atoms with E-state index in [4.69, 9.17) is 14.2 Å². The molecule has 0 amide bonds. The van der Waals surface area contributed by atoms with Crippen LogP contribution < -0.4 is 9.47 Å². The summed E-state index contributed by atoms with van der Waals surface area (Å²) in [6.07, 6.45) is 4.38. The van der Waals surface area contributed by atoms with Crippen molar-refractivity contribution in [3.63, 3.8) is 0 Å². The Bertz CT molecular complexity index is 621. The molecule has 1 saturated heterocycles. The first-order chi connectivity index (χ1) is 12.6. The molecule has 2 rings (SSSR count). The second-order valence-electron chi connectivity index (χ2n) is 6.33. The molecule has 6 nitrogen and oxygen atoms in total. The first-order valence-electron chi connectivity index (χ1n) is 9.08. The Morgan fingerprint density at radius 3 is 2.54 bits per heavy atom. The molecule has 1 heterocycles. The number of aliphatic hydroxyl groups is 1. The molecule has 1 N–H and O–H groups in total. The van der Waals surface area contributed by atoms with Crippen LogP contribution in [-0.2, 0) is 16.0 Å². The number of ether oxygens (including phenoxy) is 3. The summed E-state index contributed by atoms with van der Waals surface area (Å²) in [5.74, 6) is 1.08. The standard InChI is InChI=1S/C20H29NO5/c1-4-26-20(23)16(14-21-11-9-17(22)10-12-21)7-5-15-6-8-18(24-2)19(13-15)25-3/h6,8,13-14,17,22H,4-5,7,9-12H2,1-3H3. The zero-order valence-electron chi connectivity index (χ0n) is 15.9. The number of benzene rings is 1. The predicted molar refractivity (Wildman–Crippen MR) is 99.4 cm³/mol. The minimum atomic E-state index is -0.279. The van der Waals surface area contributed by atoms with Crippen LogP contribution in [0.4, 0.5) is 0 Å². The summed E-state index contributed by atoms with van der Waals surface area (Å²) >= 11 is 0. The van der Waals surface area contributed by atoms with Crippen molar-refractivity contribution in [3.8, 4) is 11.5 Å². The second-order valence-corrected chi connectivity index (χ2v) is 6.33. The van der Waals surface area contributed by atoms with Crippen LogP contribution in [0.5, 0.6) is 11.5 Å². The lowest BCUT2D eigenvalue weighted by Crippen LogP contribution is -2.32. The quantitative estimate of drug-likeness (QED) is 0.565. The van der Waals surface area contributed by atoms with Crippen LogP contribution in [0, 0.1) is 0 Å². The maximum absolute atomic E-state index is 12.3. The average Bonchev–Trinajstić information content (AvgIpc) is 2.66. The van der Waals surface area contributed by atoms with Crippen LogP contribution in [0.15, 0.2) is 30.0 Å². The van der Waals surface area contributed by atoms with Crippen LogP contribution in [0.2, 0.25) is 0 Å². The molecule has 1 aromatic rings. The number of esters is 1. The molecule has 0 aliphatic carbocycles. The van der Waals surface area contributed by atoms with Crippen molar-refractivity contribution in [2.24, 2.45) is 0 Å². The summed E-state index contributed by atoms with van der Waals surface area (Å²) in [6.45, 7) is 3.66. The van der Waals surface area contributed by atoms with Crippen LogP contribution in [0.1, 0.15) is 31.7 Å². The number of aliphatic hydroxyl groups excluding tert-OH is 1. The highest BCUT2D eigenvalue weighted by molar-refractivity contribution is 5.88. The van der Waals surface area contributed by atoms with E-state index in [0.717, 1.165) is 31.5 Å². The van der Waals surface area contributed by atoms with E-state index >= 15 is 0 Å². The molecule has 0 spiro atoms. The van der Waals surface area contributed by atoms with Gasteiger partial charge < -0.3 is 24.2 Å². The highest BCUT2D eigenvalue weighted by atomic mass is 16.5. The van der Waals surface area contributed by atoms with Gasteiger partial charge in [0, 0.05) is 19.3 Å². The molecule has 1 aliphatic heterocycles. The summed E-state index contributed by atoms with van der Waals surface area (Å²) in [5.41, 5.74) is 1.71. The molecule has 0 bridgehead atoms. The molecule has 26 heavy (non-hydrogen) atoms. The number of carbonyl (C=O) groups excluding carboxylic acids is 1. The molecule has 144 valence electrons. The number of hydrogen-bond acceptors (Lipinski definition) is 6. The normalized spacial score (nSPS) is 15.7. The molecular formula is C20H29NO5. The van der Waals surface area contributed by atoms with Crippen molar-refractivity contribution in [2.75, 3.05) is 33.9 Å². The van der Waals surface area contributed by atoms with Crippen LogP contribution in [-0.4, -0.2) is 56.0 Å². The Hall–Kier alpha value is -2.21. The van der Waals surface area contributed by atoms with E-state index in [1.54, 1.807) is 21.1 Å². The van der Waals surface area contributed by atoms with Crippen LogP contribution >= 0.6 is 0 Å². The molecule has 0 aromatic heterocycles. The van der Waals surface area contributed by atoms with Crippen molar-refractivity contribution in [1.29, 1.82) is 0 Å². The number of aryl methyl sites for hydroxylation is 1. The summed E-state index contributed by atoms with van der Waals surface area (Å²) < 4.78 is 15.8. The van der Waals surface area contributed by atoms with Crippen LogP contribution in [0.3, 0.4) is 0 Å². The molecule has 0 atom stereocenters. The maximum atomic E-state index is 12.3. The smallest absolute Gasteiger partial charge is 0.335 e. The van der Waals surface area contributed by atoms with Crippen molar-refractivity contribution < 1.29 is 24.1 Å². The van der Waals surface area contributed by atoms with Gasteiger partial charge in [-0.3, -0.25) is 0 Å². The summed E-state index contributed by atoms with van der Waals surface area (Å²) in [6, 6.07) is 5.77. The molecular weight excluding hydrogens is 334 g/mol. The lowest BCUT2D eigenvalue weighted by Gasteiger charge is -2.29. The SMILES string of the molecule is CCOC(=O)C(=CN1CCC(O)CC1)CCc1ccc(OC)c(OC)c1. The number of nitrogens with zero attached hydrogens (tertiary/aromatic N) is 1. The largest absolute Gasteiger partial charge is 0.493 e. The van der Waals surface area contributed by atoms with E-state index in [1.165, 1.54) is 0 Å². The number of hydrogen-bond donors (Lipinski definition) is 1. The highest BCUT2D eigenvalue weighted by Gasteiger charge is 2.18. The number of rotatable bonds is 8. The Morgan fingerprint density at radius 1 is 1.23 bits per heavy atom. The summed E-state index contributed by atoms with van der Waals surface area (Å²) in [7, 11) is 3.21. The van der Waals surface area contributed by atoms with Crippen molar-refractivity contribution in [3.05, 3.63) is 35.5 Å². The van der Waals surface area contributed by atoms with Gasteiger partial charge in [-0.05, 0) is 50.3 Å². The number of likely N-dealkylation sites (tertiary alicyclic amines) is 1. The van der Waals surface area contributed by atoms with Gasteiger partial charge >= 0.3 is 5.97 Å². The van der Waals surface area contributed by atoms with Gasteiger partial charge in [-0.15, -0.1) is 0 Å². The summed E-state index contributed by atoms with van der Waals surface area (Å²) in [5, 5.41) is 9.64. The first kappa shape index (κ1) is 20.1. The third-order valence-electron chi connectivity index (χ3n) is 4.51. The fraction of sp³-hybridized carbons (Fsp3) is 0.550. The zero-order valence-corrected chi connectivity index (χ0v) is 15.9. The molecule has 1 fully saturated rings. The van der Waals surface area contributed by atoms with Gasteiger partial charge in [0.2, 0.25) is 0 Å². The van der Waals surface area contributed by atoms with Crippen molar-refractivity contribution in [2.45, 2.75) is 38.7 Å². The Labute approximate surface area is 155 Å². The fourth-order valence-corrected chi connectivity index (χ4v) is 2.99. The van der Waals surface area contributed by atoms with Gasteiger partial charge in [-0.1, -0.05) is 6.07 Å². The fourth-order valence-electron chi connectivity index (χ4n) is 2.99. The van der Waals surface area contributed by atoms with Crippen molar-refractivity contribution in [1.82, 2.24) is 4.90 Å². The molecule has 0 unspecified atom stereocenters. The lowest BCUT2D eigenvalue weighted by molar-refractivity contribution is -0.138. The zero-order chi connectivity index (χ0) is 18.9. The topological polar surface area (TPSA) is 68.2 Å². The van der Waals surface area contributed by atoms with Crippen molar-refractivity contribution >= 4 is 5.97 Å². The second kappa shape index (κ2) is 10.1. The van der Waals surface area contributed by atoms with Gasteiger partial charge in [0.25, 0.3) is 0 Å². The lowest BCUT2D eigenvalue weighted by atomic mass is 10.0. The van der Waals surface area contributed by atoms with Gasteiger partial charge in [0.15, 0.2) is 11.5 Å². The number of piperidine rings is 1. The third kappa shape index (κ3) is 5.66. The first-order valence-corrected chi connectivity index (χ1v) is 9.08. The van der Waals surface area contributed by atoms with E-state index in [1.807, 2.05) is 24.4 Å². The Morgan fingerprint density at radius 2 is 1.92 bits per heavy atom. The average molecular weight is 363 g/mol. The van der Waals surface area contributed by atoms with Gasteiger partial charge in [0.1, 0.15) is 0 Å². The molecule has 0 saturated carbocycles. The van der Waals surface area contributed by atoms with E-state index in [0.29, 0.717) is 36.5 Å². The summed E-state index contributed by atoms with van der Waals surface area (Å²) in [4.78, 5) is 14.4. The Kier molecular flexibility index (Phi) is 7.78. The minimum absolute atomic E-state index is 0.238. The monoisotopic (exact) mass is 363 g/mol. The third-order valence-corrected chi connectivity index (χ3v) is 4.51. The molecule has 1 aromatic carbocycles. The predicted octanol–water partition coefficient (Wildman–Crippen LogP) is 2.54. The van der Waals surface area contributed by atoms with Gasteiger partial charge in [-0.2, -0.15) is 0 Å². The molecule has 1 aliphatic rings. The van der Waals surface area contributed by atoms with E-state index < -0.39 is 0 Å². The van der Waals surface area contributed by atoms with Gasteiger partial charge in [0.05, 0.1) is 32.5 Å². The van der Waals surface area contributed by atoms with E-state index in [-0.39, 0.29) is 12.1 Å². The maximum Gasteiger partial charge on any atom is 0.335 e. The van der Waals surface area contributed by atoms with Gasteiger partial charge in [-0.25, -0.2) is 4.79 Å². The van der Waals surface area contributed by atoms with E-state index in [2.05, 4.69) is 4.90 Å². The molecule has 6 heteroatoms. The highest BCUT2D eigenvalue weighted by Crippen LogP contribution is 2.28. The molecule has 0 radical (unpaired) electrons. The number of methoxy groups -OCH3 is 2. The number of carbonyl (C=O) groups is 1. The van der Waals surface area contributed by atoms with Crippen LogP contribution in [0.25, 0.3) is 0 Å². The Balaban J connectivity index is 2.08. The van der Waals surface area contributed by atoms with E-state index in [9.17, 15) is 9.90 Å².